The molecule has 60 valence electrons. The highest BCUT2D eigenvalue weighted by Gasteiger charge is 2.07. The van der Waals surface area contributed by atoms with Gasteiger partial charge < -0.3 is 0 Å². The van der Waals surface area contributed by atoms with Gasteiger partial charge in [-0.1, -0.05) is 15.9 Å². The molecule has 0 atom stereocenters. The van der Waals surface area contributed by atoms with Gasteiger partial charge >= 0.3 is 0 Å². The molecule has 0 aliphatic heterocycles. The Hall–Kier alpha value is 0.01000. The zero-order valence-electron chi connectivity index (χ0n) is 5.94. The second kappa shape index (κ2) is 4.01. The van der Waals surface area contributed by atoms with Crippen LogP contribution in [0.2, 0.25) is 0 Å². The number of nitrogens with zero attached hydrogens (tertiary/aromatic N) is 1. The van der Waals surface area contributed by atoms with E-state index in [0.717, 1.165) is 0 Å². The van der Waals surface area contributed by atoms with Crippen molar-refractivity contribution in [3.05, 3.63) is 0 Å². The minimum Gasteiger partial charge on any atom is -0.290 e. The molecule has 10 heavy (non-hydrogen) atoms. The van der Waals surface area contributed by atoms with Gasteiger partial charge in [0.2, 0.25) is 0 Å². The van der Waals surface area contributed by atoms with E-state index in [1.807, 2.05) is 13.8 Å². The van der Waals surface area contributed by atoms with Gasteiger partial charge in [-0.2, -0.15) is 0 Å². The van der Waals surface area contributed by atoms with Crippen LogP contribution in [0.15, 0.2) is 4.99 Å². The lowest BCUT2D eigenvalue weighted by Gasteiger charge is -2.06. The average Bonchev–Trinajstić information content (AvgIpc) is 1.59. The molecule has 1 nitrogen and oxygen atoms in total. The SMILES string of the molecule is CC(C)(Br)C=NCC(F)F. The fourth-order valence-corrected chi connectivity index (χ4v) is 0.494. The molecule has 0 heterocycles. The lowest BCUT2D eigenvalue weighted by atomic mass is 10.2. The van der Waals surface area contributed by atoms with Crippen molar-refractivity contribution in [1.29, 1.82) is 0 Å². The predicted octanol–water partition coefficient (Wildman–Crippen LogP) is 2.50. The number of aliphatic imine (C=N–C) groups is 1. The monoisotopic (exact) mass is 213 g/mol. The van der Waals surface area contributed by atoms with E-state index in [1.165, 1.54) is 6.21 Å². The smallest absolute Gasteiger partial charge is 0.257 e. The first-order valence-corrected chi connectivity index (χ1v) is 3.69. The van der Waals surface area contributed by atoms with Crippen molar-refractivity contribution in [2.24, 2.45) is 4.99 Å². The molecule has 0 saturated heterocycles. The van der Waals surface area contributed by atoms with E-state index in [4.69, 9.17) is 0 Å². The Morgan fingerprint density at radius 1 is 1.60 bits per heavy atom. The number of halogens is 3. The van der Waals surface area contributed by atoms with Gasteiger partial charge in [0.15, 0.2) is 0 Å². The van der Waals surface area contributed by atoms with Gasteiger partial charge in [0.1, 0.15) is 0 Å². The number of hydrogen-bond donors (Lipinski definition) is 0. The molecule has 0 fully saturated rings. The first-order valence-electron chi connectivity index (χ1n) is 2.90. The Morgan fingerprint density at radius 3 is 2.40 bits per heavy atom. The summed E-state index contributed by atoms with van der Waals surface area (Å²) in [4.78, 5) is 3.52. The van der Waals surface area contributed by atoms with Crippen LogP contribution in [0.1, 0.15) is 13.8 Å². The summed E-state index contributed by atoms with van der Waals surface area (Å²) in [6, 6.07) is 0. The third-order valence-electron chi connectivity index (χ3n) is 0.642. The van der Waals surface area contributed by atoms with Crippen molar-refractivity contribution >= 4 is 22.1 Å². The molecule has 0 aromatic rings. The van der Waals surface area contributed by atoms with E-state index in [9.17, 15) is 8.78 Å². The lowest BCUT2D eigenvalue weighted by molar-refractivity contribution is 0.159. The molecule has 0 aliphatic rings. The van der Waals surface area contributed by atoms with Crippen LogP contribution in [0.25, 0.3) is 0 Å². The zero-order valence-corrected chi connectivity index (χ0v) is 7.53. The van der Waals surface area contributed by atoms with Crippen LogP contribution in [0, 0.1) is 0 Å². The quantitative estimate of drug-likeness (QED) is 0.505. The maximum Gasteiger partial charge on any atom is 0.257 e. The molecule has 0 radical (unpaired) electrons. The topological polar surface area (TPSA) is 12.4 Å². The number of alkyl halides is 3. The third-order valence-corrected chi connectivity index (χ3v) is 0.846. The van der Waals surface area contributed by atoms with Crippen LogP contribution in [0.3, 0.4) is 0 Å². The summed E-state index contributed by atoms with van der Waals surface area (Å²) in [5.41, 5.74) is 0. The highest BCUT2D eigenvalue weighted by Crippen LogP contribution is 2.11. The highest BCUT2D eigenvalue weighted by atomic mass is 79.9. The fourth-order valence-electron chi connectivity index (χ4n) is 0.349. The standard InChI is InChI=1S/C6H10BrF2N/c1-6(2,7)4-10-3-5(8)9/h4-5H,3H2,1-2H3. The lowest BCUT2D eigenvalue weighted by Crippen LogP contribution is -2.11. The molecule has 0 aromatic carbocycles. The summed E-state index contributed by atoms with van der Waals surface area (Å²) in [6.45, 7) is 3.26. The second-order valence-corrected chi connectivity index (χ2v) is 4.49. The molecular formula is C6H10BrF2N. The van der Waals surface area contributed by atoms with Crippen molar-refractivity contribution in [1.82, 2.24) is 0 Å². The van der Waals surface area contributed by atoms with E-state index in [1.54, 1.807) is 0 Å². The van der Waals surface area contributed by atoms with Crippen LogP contribution >= 0.6 is 15.9 Å². The van der Waals surface area contributed by atoms with E-state index < -0.39 is 13.0 Å². The maximum atomic E-state index is 11.5. The molecule has 0 unspecified atom stereocenters. The van der Waals surface area contributed by atoms with Crippen molar-refractivity contribution in [3.63, 3.8) is 0 Å². The molecule has 0 spiro atoms. The Labute approximate surface area is 67.7 Å². The third kappa shape index (κ3) is 8.01. The molecule has 0 aliphatic carbocycles. The molecule has 0 aromatic heterocycles. The van der Waals surface area contributed by atoms with Crippen molar-refractivity contribution in [2.75, 3.05) is 6.54 Å². The minimum atomic E-state index is -2.34. The van der Waals surface area contributed by atoms with Crippen LogP contribution in [0.5, 0.6) is 0 Å². The second-order valence-electron chi connectivity index (χ2n) is 2.45. The van der Waals surface area contributed by atoms with Gasteiger partial charge in [0, 0.05) is 6.21 Å². The van der Waals surface area contributed by atoms with Gasteiger partial charge in [-0.15, -0.1) is 0 Å². The molecule has 4 heteroatoms. The van der Waals surface area contributed by atoms with Crippen LogP contribution in [-0.2, 0) is 0 Å². The first kappa shape index (κ1) is 10.0. The number of rotatable bonds is 3. The first-order chi connectivity index (χ1) is 4.42. The van der Waals surface area contributed by atoms with Crippen molar-refractivity contribution in [3.8, 4) is 0 Å². The molecule has 0 bridgehead atoms. The van der Waals surface area contributed by atoms with Crippen LogP contribution in [0.4, 0.5) is 8.78 Å². The zero-order chi connectivity index (χ0) is 8.20. The molecular weight excluding hydrogens is 204 g/mol. The summed E-state index contributed by atoms with van der Waals surface area (Å²) >= 11 is 3.23. The summed E-state index contributed by atoms with van der Waals surface area (Å²) in [7, 11) is 0. The van der Waals surface area contributed by atoms with Gasteiger partial charge in [-0.25, -0.2) is 8.78 Å². The van der Waals surface area contributed by atoms with Crippen molar-refractivity contribution < 1.29 is 8.78 Å². The Bertz CT molecular complexity index is 117. The van der Waals surface area contributed by atoms with E-state index >= 15 is 0 Å². The molecule has 0 amide bonds. The Balaban J connectivity index is 3.57. The maximum absolute atomic E-state index is 11.5. The van der Waals surface area contributed by atoms with Crippen LogP contribution < -0.4 is 0 Å². The summed E-state index contributed by atoms with van der Waals surface area (Å²) in [5.74, 6) is 0. The van der Waals surface area contributed by atoms with Gasteiger partial charge in [0.25, 0.3) is 6.43 Å². The summed E-state index contributed by atoms with van der Waals surface area (Å²) < 4.78 is 22.7. The predicted molar refractivity (Wildman–Crippen MR) is 42.4 cm³/mol. The molecule has 0 N–H and O–H groups in total. The highest BCUT2D eigenvalue weighted by molar-refractivity contribution is 9.10. The Kier molecular flexibility index (Phi) is 4.01. The van der Waals surface area contributed by atoms with E-state index in [0.29, 0.717) is 0 Å². The summed E-state index contributed by atoms with van der Waals surface area (Å²) in [5, 5.41) is 0. The number of hydrogen-bond acceptors (Lipinski definition) is 1. The Morgan fingerprint density at radius 2 is 2.10 bits per heavy atom. The molecule has 0 saturated carbocycles. The average molecular weight is 214 g/mol. The van der Waals surface area contributed by atoms with Gasteiger partial charge in [0.05, 0.1) is 10.9 Å². The van der Waals surface area contributed by atoms with Crippen molar-refractivity contribution in [2.45, 2.75) is 24.6 Å². The normalized spacial score (nSPS) is 13.4. The van der Waals surface area contributed by atoms with E-state index in [-0.39, 0.29) is 4.32 Å². The van der Waals surface area contributed by atoms with Gasteiger partial charge in [-0.3, -0.25) is 4.99 Å². The van der Waals surface area contributed by atoms with Gasteiger partial charge in [-0.05, 0) is 13.8 Å². The summed E-state index contributed by atoms with van der Waals surface area (Å²) in [6.07, 6.45) is -0.870. The largest absolute Gasteiger partial charge is 0.290 e. The van der Waals surface area contributed by atoms with E-state index in [2.05, 4.69) is 20.9 Å². The van der Waals surface area contributed by atoms with Crippen LogP contribution in [-0.4, -0.2) is 23.5 Å². The fraction of sp³-hybridized carbons (Fsp3) is 0.833. The molecule has 0 rings (SSSR count). The minimum absolute atomic E-state index is 0.276.